The molecule has 2 aliphatic rings. The standard InChI is InChI=1S/C27H24N2O3S/c30-33(31,29-15-13-22-14-16-32-27(22)19-29)26-11-7-21(8-12-26)20-5-9-25(10-6-20)28-17-23-3-1-2-4-24(23)18-28/h1-12,14,16H,13,15,17-19H2. The Morgan fingerprint density at radius 3 is 2.00 bits per heavy atom. The predicted octanol–water partition coefficient (Wildman–Crippen LogP) is 5.21. The van der Waals surface area contributed by atoms with Gasteiger partial charge in [-0.05, 0) is 64.6 Å². The molecule has 0 spiro atoms. The lowest BCUT2D eigenvalue weighted by atomic mass is 10.1. The molecule has 3 heterocycles. The molecular weight excluding hydrogens is 432 g/mol. The number of hydrogen-bond donors (Lipinski definition) is 0. The fraction of sp³-hybridized carbons (Fsp3) is 0.185. The zero-order valence-electron chi connectivity index (χ0n) is 18.1. The number of nitrogens with zero attached hydrogens (tertiary/aromatic N) is 2. The summed E-state index contributed by atoms with van der Waals surface area (Å²) in [5, 5.41) is 0. The Kier molecular flexibility index (Phi) is 4.85. The van der Waals surface area contributed by atoms with Crippen LogP contribution in [0.5, 0.6) is 0 Å². The summed E-state index contributed by atoms with van der Waals surface area (Å²) in [6.45, 7) is 2.61. The van der Waals surface area contributed by atoms with Crippen LogP contribution in [0.4, 0.5) is 5.69 Å². The van der Waals surface area contributed by atoms with Crippen LogP contribution >= 0.6 is 0 Å². The van der Waals surface area contributed by atoms with Gasteiger partial charge in [-0.25, -0.2) is 8.42 Å². The second-order valence-corrected chi connectivity index (χ2v) is 10.6. The van der Waals surface area contributed by atoms with E-state index in [-0.39, 0.29) is 6.54 Å². The smallest absolute Gasteiger partial charge is 0.243 e. The minimum Gasteiger partial charge on any atom is -0.468 e. The number of furan rings is 1. The number of rotatable bonds is 4. The minimum absolute atomic E-state index is 0.286. The van der Waals surface area contributed by atoms with Crippen molar-refractivity contribution in [2.45, 2.75) is 31.0 Å². The second-order valence-electron chi connectivity index (χ2n) is 8.65. The van der Waals surface area contributed by atoms with Gasteiger partial charge in [-0.1, -0.05) is 48.5 Å². The van der Waals surface area contributed by atoms with Gasteiger partial charge in [0, 0.05) is 25.3 Å². The van der Waals surface area contributed by atoms with Crippen molar-refractivity contribution in [2.24, 2.45) is 0 Å². The first kappa shape index (κ1) is 20.3. The lowest BCUT2D eigenvalue weighted by molar-refractivity contribution is 0.343. The molecule has 6 heteroatoms. The van der Waals surface area contributed by atoms with Crippen LogP contribution in [0.25, 0.3) is 11.1 Å². The number of anilines is 1. The van der Waals surface area contributed by atoms with E-state index in [9.17, 15) is 8.42 Å². The fourth-order valence-electron chi connectivity index (χ4n) is 4.77. The first-order chi connectivity index (χ1) is 16.1. The molecule has 6 rings (SSSR count). The number of fused-ring (bicyclic) bond motifs is 2. The first-order valence-corrected chi connectivity index (χ1v) is 12.6. The Hall–Kier alpha value is -3.35. The van der Waals surface area contributed by atoms with E-state index >= 15 is 0 Å². The van der Waals surface area contributed by atoms with Crippen molar-refractivity contribution in [2.75, 3.05) is 11.4 Å². The third-order valence-electron chi connectivity index (χ3n) is 6.69. The van der Waals surface area contributed by atoms with Crippen molar-refractivity contribution < 1.29 is 12.8 Å². The average Bonchev–Trinajstić information content (AvgIpc) is 3.51. The van der Waals surface area contributed by atoms with Crippen LogP contribution in [-0.4, -0.2) is 19.3 Å². The maximum Gasteiger partial charge on any atom is 0.243 e. The molecule has 0 aliphatic carbocycles. The lowest BCUT2D eigenvalue weighted by Crippen LogP contribution is -2.35. The third-order valence-corrected chi connectivity index (χ3v) is 8.55. The zero-order chi connectivity index (χ0) is 22.4. The second kappa shape index (κ2) is 7.90. The molecule has 166 valence electrons. The van der Waals surface area contributed by atoms with Gasteiger partial charge < -0.3 is 9.32 Å². The summed E-state index contributed by atoms with van der Waals surface area (Å²) in [5.41, 5.74) is 7.12. The van der Waals surface area contributed by atoms with Gasteiger partial charge in [0.1, 0.15) is 5.76 Å². The van der Waals surface area contributed by atoms with Crippen molar-refractivity contribution >= 4 is 15.7 Å². The van der Waals surface area contributed by atoms with Gasteiger partial charge in [0.2, 0.25) is 10.0 Å². The fourth-order valence-corrected chi connectivity index (χ4v) is 6.16. The van der Waals surface area contributed by atoms with Crippen molar-refractivity contribution in [3.63, 3.8) is 0 Å². The normalized spacial score (nSPS) is 15.9. The molecule has 0 saturated carbocycles. The van der Waals surface area contributed by atoms with Crippen LogP contribution in [-0.2, 0) is 36.1 Å². The molecule has 0 radical (unpaired) electrons. The Bertz CT molecular complexity index is 1380. The van der Waals surface area contributed by atoms with Crippen LogP contribution in [0.2, 0.25) is 0 Å². The van der Waals surface area contributed by atoms with Gasteiger partial charge in [-0.3, -0.25) is 0 Å². The number of hydrogen-bond acceptors (Lipinski definition) is 4. The van der Waals surface area contributed by atoms with E-state index in [4.69, 9.17) is 4.42 Å². The van der Waals surface area contributed by atoms with Crippen LogP contribution in [0.1, 0.15) is 22.5 Å². The van der Waals surface area contributed by atoms with Crippen LogP contribution in [0.15, 0.2) is 94.4 Å². The van der Waals surface area contributed by atoms with Crippen molar-refractivity contribution in [1.82, 2.24) is 4.31 Å². The van der Waals surface area contributed by atoms with Gasteiger partial charge in [0.25, 0.3) is 0 Å². The summed E-state index contributed by atoms with van der Waals surface area (Å²) in [6, 6.07) is 26.1. The molecule has 3 aromatic carbocycles. The summed E-state index contributed by atoms with van der Waals surface area (Å²) in [6.07, 6.45) is 2.31. The van der Waals surface area contributed by atoms with Crippen molar-refractivity contribution in [3.05, 3.63) is 108 Å². The molecule has 0 fully saturated rings. The highest BCUT2D eigenvalue weighted by Gasteiger charge is 2.29. The van der Waals surface area contributed by atoms with Gasteiger partial charge >= 0.3 is 0 Å². The van der Waals surface area contributed by atoms with Gasteiger partial charge in [0.15, 0.2) is 0 Å². The zero-order valence-corrected chi connectivity index (χ0v) is 19.0. The highest BCUT2D eigenvalue weighted by atomic mass is 32.2. The molecule has 0 saturated heterocycles. The van der Waals surface area contributed by atoms with Gasteiger partial charge in [-0.2, -0.15) is 4.31 Å². The maximum absolute atomic E-state index is 13.1. The van der Waals surface area contributed by atoms with E-state index in [1.165, 1.54) is 21.1 Å². The van der Waals surface area contributed by atoms with E-state index in [1.807, 2.05) is 18.2 Å². The Morgan fingerprint density at radius 2 is 1.33 bits per heavy atom. The summed E-state index contributed by atoms with van der Waals surface area (Å²) >= 11 is 0. The van der Waals surface area contributed by atoms with Crippen LogP contribution < -0.4 is 4.90 Å². The van der Waals surface area contributed by atoms with Crippen LogP contribution in [0, 0.1) is 0 Å². The predicted molar refractivity (Wildman–Crippen MR) is 128 cm³/mol. The molecule has 5 nitrogen and oxygen atoms in total. The number of sulfonamides is 1. The summed E-state index contributed by atoms with van der Waals surface area (Å²) in [7, 11) is -3.56. The minimum atomic E-state index is -3.56. The molecule has 4 aromatic rings. The first-order valence-electron chi connectivity index (χ1n) is 11.2. The molecule has 0 N–H and O–H groups in total. The number of benzene rings is 3. The third kappa shape index (κ3) is 3.65. The Labute approximate surface area is 193 Å². The molecule has 0 unspecified atom stereocenters. The molecule has 33 heavy (non-hydrogen) atoms. The summed E-state index contributed by atoms with van der Waals surface area (Å²) < 4.78 is 33.2. The quantitative estimate of drug-likeness (QED) is 0.423. The molecule has 0 bridgehead atoms. The molecular formula is C27H24N2O3S. The van der Waals surface area contributed by atoms with E-state index < -0.39 is 10.0 Å². The van der Waals surface area contributed by atoms with Crippen molar-refractivity contribution in [3.8, 4) is 11.1 Å². The highest BCUT2D eigenvalue weighted by Crippen LogP contribution is 2.31. The highest BCUT2D eigenvalue weighted by molar-refractivity contribution is 7.89. The molecule has 2 aliphatic heterocycles. The largest absolute Gasteiger partial charge is 0.468 e. The molecule has 1 aromatic heterocycles. The van der Waals surface area contributed by atoms with Crippen LogP contribution in [0.3, 0.4) is 0 Å². The lowest BCUT2D eigenvalue weighted by Gasteiger charge is -2.25. The molecule has 0 amide bonds. The maximum atomic E-state index is 13.1. The topological polar surface area (TPSA) is 53.8 Å². The van der Waals surface area contributed by atoms with E-state index in [2.05, 4.69) is 53.4 Å². The van der Waals surface area contributed by atoms with Gasteiger partial charge in [-0.15, -0.1) is 0 Å². The Morgan fingerprint density at radius 1 is 0.697 bits per heavy atom. The van der Waals surface area contributed by atoms with E-state index in [1.54, 1.807) is 18.4 Å². The van der Waals surface area contributed by atoms with Gasteiger partial charge in [0.05, 0.1) is 17.7 Å². The Balaban J connectivity index is 1.18. The van der Waals surface area contributed by atoms with Crippen molar-refractivity contribution in [1.29, 1.82) is 0 Å². The summed E-state index contributed by atoms with van der Waals surface area (Å²) in [4.78, 5) is 2.68. The van der Waals surface area contributed by atoms with E-state index in [0.29, 0.717) is 17.9 Å². The summed E-state index contributed by atoms with van der Waals surface area (Å²) in [5.74, 6) is 0.739. The average molecular weight is 457 g/mol. The monoisotopic (exact) mass is 456 g/mol. The molecule has 0 atom stereocenters. The van der Waals surface area contributed by atoms with E-state index in [0.717, 1.165) is 35.5 Å². The SMILES string of the molecule is O=S(=O)(c1ccc(-c2ccc(N3Cc4ccccc4C3)cc2)cc1)N1CCc2ccoc2C1.